The molecule has 19 heavy (non-hydrogen) atoms. The van der Waals surface area contributed by atoms with Gasteiger partial charge < -0.3 is 4.74 Å². The second-order valence-corrected chi connectivity index (χ2v) is 4.93. The molecule has 6 nitrogen and oxygen atoms in total. The lowest BCUT2D eigenvalue weighted by atomic mass is 10.00. The average molecular weight is 267 g/mol. The van der Waals surface area contributed by atoms with E-state index in [1.807, 2.05) is 0 Å². The maximum Gasteiger partial charge on any atom is 0.313 e. The summed E-state index contributed by atoms with van der Waals surface area (Å²) < 4.78 is 4.66. The summed E-state index contributed by atoms with van der Waals surface area (Å²) in [6.07, 6.45) is 1.94. The first-order valence-electron chi connectivity index (χ1n) is 6.57. The van der Waals surface area contributed by atoms with Crippen molar-refractivity contribution in [3.8, 4) is 0 Å². The van der Waals surface area contributed by atoms with E-state index in [1.54, 1.807) is 6.92 Å². The number of likely N-dealkylation sites (tertiary alicyclic amines) is 1. The van der Waals surface area contributed by atoms with Crippen LogP contribution in [0.25, 0.3) is 0 Å². The lowest BCUT2D eigenvalue weighted by molar-refractivity contribution is -0.149. The van der Waals surface area contributed by atoms with E-state index in [4.69, 9.17) is 0 Å². The van der Waals surface area contributed by atoms with Gasteiger partial charge in [-0.05, 0) is 19.8 Å². The number of imide groups is 1. The first-order chi connectivity index (χ1) is 9.04. The minimum absolute atomic E-state index is 0.206. The van der Waals surface area contributed by atoms with Gasteiger partial charge >= 0.3 is 5.97 Å². The number of hydrogen-bond acceptors (Lipinski definition) is 5. The zero-order chi connectivity index (χ0) is 14.0. The van der Waals surface area contributed by atoms with Gasteiger partial charge in [0.2, 0.25) is 11.8 Å². The van der Waals surface area contributed by atoms with Gasteiger partial charge in [0, 0.05) is 0 Å². The molecule has 2 amide bonds. The van der Waals surface area contributed by atoms with Gasteiger partial charge in [0.15, 0.2) is 5.78 Å². The van der Waals surface area contributed by atoms with Crippen molar-refractivity contribution < 1.29 is 23.9 Å². The van der Waals surface area contributed by atoms with E-state index in [1.165, 1.54) is 0 Å². The summed E-state index contributed by atoms with van der Waals surface area (Å²) in [5.41, 5.74) is 0. The van der Waals surface area contributed by atoms with Gasteiger partial charge in [-0.3, -0.25) is 24.1 Å². The van der Waals surface area contributed by atoms with Crippen LogP contribution in [0.4, 0.5) is 0 Å². The maximum atomic E-state index is 12.0. The Kier molecular flexibility index (Phi) is 3.97. The molecule has 2 unspecified atom stereocenters. The van der Waals surface area contributed by atoms with Crippen molar-refractivity contribution >= 4 is 23.6 Å². The largest absolute Gasteiger partial charge is 0.466 e. The molecule has 1 saturated heterocycles. The number of carbonyl (C=O) groups is 4. The second kappa shape index (κ2) is 5.50. The molecular weight excluding hydrogens is 250 g/mol. The summed E-state index contributed by atoms with van der Waals surface area (Å²) in [6.45, 7) is 1.55. The molecule has 0 radical (unpaired) electrons. The number of carbonyl (C=O) groups excluding carboxylic acids is 4. The molecule has 2 fully saturated rings. The fourth-order valence-electron chi connectivity index (χ4n) is 2.82. The Balaban J connectivity index is 1.92. The summed E-state index contributed by atoms with van der Waals surface area (Å²) in [4.78, 5) is 47.8. The fraction of sp³-hybridized carbons (Fsp3) is 0.692. The highest BCUT2D eigenvalue weighted by atomic mass is 16.5. The van der Waals surface area contributed by atoms with Crippen LogP contribution in [-0.2, 0) is 23.9 Å². The lowest BCUT2D eigenvalue weighted by Gasteiger charge is -2.14. The first-order valence-corrected chi connectivity index (χ1v) is 6.57. The van der Waals surface area contributed by atoms with Crippen molar-refractivity contribution in [1.29, 1.82) is 0 Å². The van der Waals surface area contributed by atoms with Crippen LogP contribution >= 0.6 is 0 Å². The van der Waals surface area contributed by atoms with Crippen molar-refractivity contribution in [3.63, 3.8) is 0 Å². The van der Waals surface area contributed by atoms with Crippen LogP contribution in [0.1, 0.15) is 32.6 Å². The lowest BCUT2D eigenvalue weighted by Crippen LogP contribution is -2.37. The number of nitrogens with zero attached hydrogens (tertiary/aromatic N) is 1. The summed E-state index contributed by atoms with van der Waals surface area (Å²) in [6, 6.07) is 0. The number of fused-ring (bicyclic) bond motifs is 1. The van der Waals surface area contributed by atoms with Crippen molar-refractivity contribution in [2.45, 2.75) is 32.6 Å². The molecule has 2 rings (SSSR count). The van der Waals surface area contributed by atoms with Crippen LogP contribution in [0.5, 0.6) is 0 Å². The van der Waals surface area contributed by atoms with Crippen LogP contribution in [0.15, 0.2) is 0 Å². The molecule has 2 aliphatic rings. The third-order valence-electron chi connectivity index (χ3n) is 3.66. The smallest absolute Gasteiger partial charge is 0.313 e. The number of ether oxygens (including phenoxy) is 1. The third-order valence-corrected chi connectivity index (χ3v) is 3.66. The fourth-order valence-corrected chi connectivity index (χ4v) is 2.82. The highest BCUT2D eigenvalue weighted by Gasteiger charge is 2.49. The monoisotopic (exact) mass is 267 g/mol. The zero-order valence-electron chi connectivity index (χ0n) is 10.9. The summed E-state index contributed by atoms with van der Waals surface area (Å²) in [5.74, 6) is -2.09. The Morgan fingerprint density at radius 2 is 1.79 bits per heavy atom. The number of ketones is 1. The predicted molar refractivity (Wildman–Crippen MR) is 63.8 cm³/mol. The number of rotatable bonds is 5. The maximum absolute atomic E-state index is 12.0. The van der Waals surface area contributed by atoms with Gasteiger partial charge in [0.25, 0.3) is 0 Å². The molecule has 0 bridgehead atoms. The predicted octanol–water partition coefficient (Wildman–Crippen LogP) is 0.294. The molecule has 104 valence electrons. The van der Waals surface area contributed by atoms with Gasteiger partial charge in [-0.25, -0.2) is 0 Å². The number of esters is 1. The first kappa shape index (κ1) is 13.7. The molecule has 1 saturated carbocycles. The van der Waals surface area contributed by atoms with Crippen LogP contribution in [0.2, 0.25) is 0 Å². The van der Waals surface area contributed by atoms with E-state index in [2.05, 4.69) is 4.74 Å². The van der Waals surface area contributed by atoms with Crippen molar-refractivity contribution in [3.05, 3.63) is 0 Å². The Morgan fingerprint density at radius 3 is 2.32 bits per heavy atom. The minimum Gasteiger partial charge on any atom is -0.466 e. The Labute approximate surface area is 111 Å². The minimum atomic E-state index is -0.619. The number of amides is 2. The number of hydrogen-bond donors (Lipinski definition) is 0. The van der Waals surface area contributed by atoms with Gasteiger partial charge in [0.1, 0.15) is 6.42 Å². The third kappa shape index (κ3) is 2.67. The van der Waals surface area contributed by atoms with Gasteiger partial charge in [-0.1, -0.05) is 6.42 Å². The molecule has 0 N–H and O–H groups in total. The van der Waals surface area contributed by atoms with E-state index in [9.17, 15) is 19.2 Å². The van der Waals surface area contributed by atoms with E-state index in [0.717, 1.165) is 24.2 Å². The van der Waals surface area contributed by atoms with Crippen molar-refractivity contribution in [2.24, 2.45) is 11.8 Å². The molecular formula is C13H17NO5. The summed E-state index contributed by atoms with van der Waals surface area (Å²) in [5, 5.41) is 0. The van der Waals surface area contributed by atoms with E-state index in [0.29, 0.717) is 0 Å². The molecule has 1 aliphatic carbocycles. The molecule has 0 aromatic rings. The number of Topliss-reactive ketones (excluding diaryl/α,β-unsaturated/α-hetero) is 1. The summed E-state index contributed by atoms with van der Waals surface area (Å²) >= 11 is 0. The van der Waals surface area contributed by atoms with E-state index in [-0.39, 0.29) is 43.2 Å². The highest BCUT2D eigenvalue weighted by molar-refractivity contribution is 6.09. The average Bonchev–Trinajstić information content (AvgIpc) is 2.90. The van der Waals surface area contributed by atoms with E-state index < -0.39 is 11.8 Å². The SMILES string of the molecule is CCOC(=O)CC(=O)CN1C(=O)C2CCCC2C1=O. The van der Waals surface area contributed by atoms with E-state index >= 15 is 0 Å². The molecule has 1 aliphatic heterocycles. The Morgan fingerprint density at radius 1 is 1.21 bits per heavy atom. The van der Waals surface area contributed by atoms with Crippen LogP contribution in [0, 0.1) is 11.8 Å². The van der Waals surface area contributed by atoms with Crippen LogP contribution < -0.4 is 0 Å². The highest BCUT2D eigenvalue weighted by Crippen LogP contribution is 2.39. The second-order valence-electron chi connectivity index (χ2n) is 4.93. The van der Waals surface area contributed by atoms with Crippen molar-refractivity contribution in [1.82, 2.24) is 4.90 Å². The van der Waals surface area contributed by atoms with Gasteiger partial charge in [-0.15, -0.1) is 0 Å². The molecule has 2 atom stereocenters. The standard InChI is InChI=1S/C13H17NO5/c1-2-19-11(16)6-8(15)7-14-12(17)9-4-3-5-10(9)13(14)18/h9-10H,2-7H2,1H3. The topological polar surface area (TPSA) is 80.8 Å². The van der Waals surface area contributed by atoms with Gasteiger partial charge in [-0.2, -0.15) is 0 Å². The van der Waals surface area contributed by atoms with Crippen LogP contribution in [0.3, 0.4) is 0 Å². The molecule has 1 heterocycles. The summed E-state index contributed by atoms with van der Waals surface area (Å²) in [7, 11) is 0. The Hall–Kier alpha value is -1.72. The Bertz CT molecular complexity index is 409. The zero-order valence-corrected chi connectivity index (χ0v) is 10.9. The molecule has 0 aromatic carbocycles. The van der Waals surface area contributed by atoms with Crippen LogP contribution in [-0.4, -0.2) is 41.6 Å². The van der Waals surface area contributed by atoms with Gasteiger partial charge in [0.05, 0.1) is 25.0 Å². The van der Waals surface area contributed by atoms with Crippen molar-refractivity contribution in [2.75, 3.05) is 13.2 Å². The normalized spacial score (nSPS) is 25.6. The quantitative estimate of drug-likeness (QED) is 0.406. The molecule has 6 heteroatoms. The molecule has 0 aromatic heterocycles. The molecule has 0 spiro atoms.